The van der Waals surface area contributed by atoms with E-state index in [0.717, 1.165) is 5.69 Å². The molecule has 0 amide bonds. The Kier molecular flexibility index (Phi) is 3.82. The van der Waals surface area contributed by atoms with E-state index in [0.29, 0.717) is 17.1 Å². The second-order valence-electron chi connectivity index (χ2n) is 5.07. The third kappa shape index (κ3) is 2.81. The van der Waals surface area contributed by atoms with Gasteiger partial charge < -0.3 is 4.74 Å². The first kappa shape index (κ1) is 14.2. The molecule has 1 aromatic carbocycles. The Morgan fingerprint density at radius 2 is 1.91 bits per heavy atom. The summed E-state index contributed by atoms with van der Waals surface area (Å²) in [6, 6.07) is 6.38. The standard InChI is InChI=1S/C16H15FN4O/c1-11(2)21-15(5-6-20-21)14-7-12(17)3-4-16(14)22-13-8-18-10-19-9-13/h3-11H,1-2H3. The zero-order valence-corrected chi connectivity index (χ0v) is 12.3. The molecular formula is C16H15FN4O. The van der Waals surface area contributed by atoms with Crippen LogP contribution in [-0.4, -0.2) is 19.7 Å². The molecule has 0 N–H and O–H groups in total. The molecule has 0 radical (unpaired) electrons. The van der Waals surface area contributed by atoms with Gasteiger partial charge in [0.25, 0.3) is 0 Å². The van der Waals surface area contributed by atoms with E-state index in [9.17, 15) is 4.39 Å². The van der Waals surface area contributed by atoms with Gasteiger partial charge in [0.05, 0.1) is 18.1 Å². The van der Waals surface area contributed by atoms with Crippen LogP contribution >= 0.6 is 0 Å². The molecule has 0 bridgehead atoms. The van der Waals surface area contributed by atoms with Crippen molar-refractivity contribution >= 4 is 0 Å². The molecule has 3 aromatic rings. The number of aromatic nitrogens is 4. The molecule has 0 saturated carbocycles. The highest BCUT2D eigenvalue weighted by Crippen LogP contribution is 2.34. The van der Waals surface area contributed by atoms with Gasteiger partial charge >= 0.3 is 0 Å². The zero-order valence-electron chi connectivity index (χ0n) is 12.3. The zero-order chi connectivity index (χ0) is 15.5. The van der Waals surface area contributed by atoms with Crippen molar-refractivity contribution in [2.45, 2.75) is 19.9 Å². The van der Waals surface area contributed by atoms with E-state index < -0.39 is 0 Å². The molecule has 2 aromatic heterocycles. The van der Waals surface area contributed by atoms with E-state index in [1.807, 2.05) is 24.6 Å². The first-order valence-electron chi connectivity index (χ1n) is 6.91. The van der Waals surface area contributed by atoms with Crippen LogP contribution in [0.15, 0.2) is 49.2 Å². The molecule has 22 heavy (non-hydrogen) atoms. The van der Waals surface area contributed by atoms with Crippen molar-refractivity contribution in [1.82, 2.24) is 19.7 Å². The molecule has 5 nitrogen and oxygen atoms in total. The highest BCUT2D eigenvalue weighted by Gasteiger charge is 2.15. The average molecular weight is 298 g/mol. The van der Waals surface area contributed by atoms with E-state index in [2.05, 4.69) is 15.1 Å². The summed E-state index contributed by atoms with van der Waals surface area (Å²) in [5.41, 5.74) is 1.43. The van der Waals surface area contributed by atoms with Crippen molar-refractivity contribution in [2.75, 3.05) is 0 Å². The van der Waals surface area contributed by atoms with Crippen LogP contribution in [-0.2, 0) is 0 Å². The predicted octanol–water partition coefficient (Wildman–Crippen LogP) is 3.85. The Morgan fingerprint density at radius 1 is 1.14 bits per heavy atom. The number of nitrogens with zero attached hydrogens (tertiary/aromatic N) is 4. The van der Waals surface area contributed by atoms with Crippen LogP contribution in [0.5, 0.6) is 11.5 Å². The monoisotopic (exact) mass is 298 g/mol. The second kappa shape index (κ2) is 5.93. The van der Waals surface area contributed by atoms with Crippen molar-refractivity contribution in [3.05, 3.63) is 55.0 Å². The van der Waals surface area contributed by atoms with Crippen molar-refractivity contribution in [1.29, 1.82) is 0 Å². The van der Waals surface area contributed by atoms with E-state index in [1.54, 1.807) is 24.7 Å². The van der Waals surface area contributed by atoms with Gasteiger partial charge in [-0.25, -0.2) is 14.4 Å². The first-order valence-corrected chi connectivity index (χ1v) is 6.91. The topological polar surface area (TPSA) is 52.8 Å². The lowest BCUT2D eigenvalue weighted by molar-refractivity contribution is 0.475. The maximum atomic E-state index is 13.7. The lowest BCUT2D eigenvalue weighted by Gasteiger charge is -2.14. The summed E-state index contributed by atoms with van der Waals surface area (Å²) < 4.78 is 21.3. The lowest BCUT2D eigenvalue weighted by atomic mass is 10.1. The number of benzene rings is 1. The average Bonchev–Trinajstić information content (AvgIpc) is 3.00. The number of halogens is 1. The van der Waals surface area contributed by atoms with Crippen LogP contribution in [0.25, 0.3) is 11.3 Å². The Hall–Kier alpha value is -2.76. The molecule has 0 aliphatic heterocycles. The van der Waals surface area contributed by atoms with Crippen molar-refractivity contribution in [3.63, 3.8) is 0 Å². The molecule has 0 aliphatic rings. The first-order chi connectivity index (χ1) is 10.6. The Morgan fingerprint density at radius 3 is 2.64 bits per heavy atom. The minimum absolute atomic E-state index is 0.154. The van der Waals surface area contributed by atoms with Crippen LogP contribution in [0.2, 0.25) is 0 Å². The molecule has 0 unspecified atom stereocenters. The van der Waals surface area contributed by atoms with Crippen LogP contribution in [0.1, 0.15) is 19.9 Å². The summed E-state index contributed by atoms with van der Waals surface area (Å²) in [5.74, 6) is 0.688. The van der Waals surface area contributed by atoms with Crippen LogP contribution in [0.3, 0.4) is 0 Å². The number of rotatable bonds is 4. The van der Waals surface area contributed by atoms with Gasteiger partial charge in [0.15, 0.2) is 5.75 Å². The molecule has 2 heterocycles. The summed E-state index contributed by atoms with van der Waals surface area (Å²) in [6.45, 7) is 4.03. The Labute approximate surface area is 127 Å². The van der Waals surface area contributed by atoms with E-state index in [1.165, 1.54) is 18.5 Å². The van der Waals surface area contributed by atoms with Gasteiger partial charge in [-0.05, 0) is 38.1 Å². The maximum absolute atomic E-state index is 13.7. The molecule has 0 saturated heterocycles. The Balaban J connectivity index is 2.07. The lowest BCUT2D eigenvalue weighted by Crippen LogP contribution is -2.05. The smallest absolute Gasteiger partial charge is 0.164 e. The largest absolute Gasteiger partial charge is 0.453 e. The van der Waals surface area contributed by atoms with Gasteiger partial charge in [0.2, 0.25) is 0 Å². The van der Waals surface area contributed by atoms with Crippen LogP contribution in [0, 0.1) is 5.82 Å². The van der Waals surface area contributed by atoms with Gasteiger partial charge in [-0.2, -0.15) is 5.10 Å². The molecule has 0 atom stereocenters. The third-order valence-electron chi connectivity index (χ3n) is 3.14. The maximum Gasteiger partial charge on any atom is 0.164 e. The normalized spacial score (nSPS) is 10.9. The minimum atomic E-state index is -0.330. The molecule has 112 valence electrons. The minimum Gasteiger partial charge on any atom is -0.453 e. The van der Waals surface area contributed by atoms with Gasteiger partial charge in [-0.3, -0.25) is 4.68 Å². The summed E-state index contributed by atoms with van der Waals surface area (Å²) in [7, 11) is 0. The summed E-state index contributed by atoms with van der Waals surface area (Å²) in [6.07, 6.45) is 6.22. The summed E-state index contributed by atoms with van der Waals surface area (Å²) in [5, 5.41) is 4.28. The molecule has 0 aliphatic carbocycles. The molecule has 0 spiro atoms. The molecule has 0 fully saturated rings. The SMILES string of the molecule is CC(C)n1nccc1-c1cc(F)ccc1Oc1cncnc1. The number of ether oxygens (including phenoxy) is 1. The molecule has 3 rings (SSSR count). The highest BCUT2D eigenvalue weighted by molar-refractivity contribution is 5.68. The van der Waals surface area contributed by atoms with Crippen molar-refractivity contribution in [3.8, 4) is 22.8 Å². The fraction of sp³-hybridized carbons (Fsp3) is 0.188. The summed E-state index contributed by atoms with van der Waals surface area (Å²) >= 11 is 0. The third-order valence-corrected chi connectivity index (χ3v) is 3.14. The quantitative estimate of drug-likeness (QED) is 0.734. The Bertz CT molecular complexity index is 771. The summed E-state index contributed by atoms with van der Waals surface area (Å²) in [4.78, 5) is 7.82. The van der Waals surface area contributed by atoms with Crippen LogP contribution in [0.4, 0.5) is 4.39 Å². The van der Waals surface area contributed by atoms with Gasteiger partial charge in [0, 0.05) is 17.8 Å². The van der Waals surface area contributed by atoms with Crippen molar-refractivity contribution in [2.24, 2.45) is 0 Å². The van der Waals surface area contributed by atoms with Crippen LogP contribution < -0.4 is 4.74 Å². The molecular weight excluding hydrogens is 283 g/mol. The molecule has 6 heteroatoms. The van der Waals surface area contributed by atoms with E-state index in [-0.39, 0.29) is 11.9 Å². The van der Waals surface area contributed by atoms with Gasteiger partial charge in [-0.15, -0.1) is 0 Å². The van der Waals surface area contributed by atoms with Gasteiger partial charge in [0.1, 0.15) is 17.9 Å². The number of hydrogen-bond acceptors (Lipinski definition) is 4. The second-order valence-corrected chi connectivity index (χ2v) is 5.07. The number of hydrogen-bond donors (Lipinski definition) is 0. The highest BCUT2D eigenvalue weighted by atomic mass is 19.1. The van der Waals surface area contributed by atoms with Gasteiger partial charge in [-0.1, -0.05) is 0 Å². The fourth-order valence-electron chi connectivity index (χ4n) is 2.20. The fourth-order valence-corrected chi connectivity index (χ4v) is 2.20. The van der Waals surface area contributed by atoms with E-state index in [4.69, 9.17) is 4.74 Å². The van der Waals surface area contributed by atoms with E-state index >= 15 is 0 Å². The van der Waals surface area contributed by atoms with Crippen molar-refractivity contribution < 1.29 is 9.13 Å². The predicted molar refractivity (Wildman–Crippen MR) is 80.1 cm³/mol.